The molecule has 1 atom stereocenters. The highest BCUT2D eigenvalue weighted by Gasteiger charge is 2.40. The van der Waals surface area contributed by atoms with Crippen LogP contribution in [0.3, 0.4) is 0 Å². The van der Waals surface area contributed by atoms with E-state index in [1.165, 1.54) is 34.7 Å². The first-order chi connectivity index (χ1) is 12.2. The Hall–Kier alpha value is -2.65. The van der Waals surface area contributed by atoms with Crippen LogP contribution < -0.4 is 16.0 Å². The van der Waals surface area contributed by atoms with E-state index in [0.29, 0.717) is 0 Å². The van der Waals surface area contributed by atoms with Crippen molar-refractivity contribution in [1.29, 1.82) is 0 Å². The minimum absolute atomic E-state index is 0.000120. The van der Waals surface area contributed by atoms with Crippen molar-refractivity contribution in [1.82, 2.24) is 16.0 Å². The molecule has 27 heavy (non-hydrogen) atoms. The lowest BCUT2D eigenvalue weighted by molar-refractivity contribution is -0.151. The zero-order valence-corrected chi connectivity index (χ0v) is 16.3. The highest BCUT2D eigenvalue weighted by Crippen LogP contribution is 2.34. The molecule has 0 bridgehead atoms. The summed E-state index contributed by atoms with van der Waals surface area (Å²) in [5.41, 5.74) is -2.30. The standard InChI is InChI=1S/C17H29N3O7/c1-16(2,9-17(3,4)15(26)27)14(25)20-10(13(23)24)6-7-11(21)19-8-12(22)18-5/h10H,6-9H2,1-5H3,(H,18,22)(H,19,21)(H,20,25)(H,23,24)(H,26,27). The Morgan fingerprint density at radius 3 is 1.93 bits per heavy atom. The van der Waals surface area contributed by atoms with Gasteiger partial charge in [0.2, 0.25) is 17.7 Å². The molecule has 0 aromatic heterocycles. The number of carbonyl (C=O) groups excluding carboxylic acids is 3. The average molecular weight is 387 g/mol. The maximum Gasteiger partial charge on any atom is 0.326 e. The molecule has 0 rings (SSSR count). The van der Waals surface area contributed by atoms with Crippen molar-refractivity contribution >= 4 is 29.7 Å². The van der Waals surface area contributed by atoms with E-state index in [1.807, 2.05) is 0 Å². The molecule has 0 saturated heterocycles. The second kappa shape index (κ2) is 9.89. The smallest absolute Gasteiger partial charge is 0.326 e. The van der Waals surface area contributed by atoms with E-state index < -0.39 is 46.5 Å². The second-order valence-corrected chi connectivity index (χ2v) is 7.60. The minimum atomic E-state index is -1.31. The maximum atomic E-state index is 12.5. The number of aliphatic carboxylic acids is 2. The average Bonchev–Trinajstić information content (AvgIpc) is 2.54. The number of carbonyl (C=O) groups is 5. The zero-order chi connectivity index (χ0) is 21.4. The molecule has 0 aliphatic heterocycles. The van der Waals surface area contributed by atoms with Crippen molar-refractivity contribution in [3.05, 3.63) is 0 Å². The molecule has 1 unspecified atom stereocenters. The number of carboxylic acids is 2. The van der Waals surface area contributed by atoms with Crippen LogP contribution in [-0.4, -0.2) is 59.5 Å². The van der Waals surface area contributed by atoms with Gasteiger partial charge in [-0.25, -0.2) is 4.79 Å². The van der Waals surface area contributed by atoms with Gasteiger partial charge in [-0.1, -0.05) is 13.8 Å². The highest BCUT2D eigenvalue weighted by atomic mass is 16.4. The lowest BCUT2D eigenvalue weighted by Crippen LogP contribution is -2.48. The molecule has 0 fully saturated rings. The van der Waals surface area contributed by atoms with Crippen molar-refractivity contribution in [2.45, 2.75) is 53.0 Å². The summed E-state index contributed by atoms with van der Waals surface area (Å²) in [5, 5.41) is 25.5. The molecule has 0 aliphatic rings. The van der Waals surface area contributed by atoms with Crippen LogP contribution in [0.25, 0.3) is 0 Å². The molecule has 0 aromatic carbocycles. The monoisotopic (exact) mass is 387 g/mol. The van der Waals surface area contributed by atoms with Crippen molar-refractivity contribution in [3.63, 3.8) is 0 Å². The Balaban J connectivity index is 4.83. The van der Waals surface area contributed by atoms with Crippen LogP contribution >= 0.6 is 0 Å². The lowest BCUT2D eigenvalue weighted by Gasteiger charge is -2.32. The topological polar surface area (TPSA) is 162 Å². The summed E-state index contributed by atoms with van der Waals surface area (Å²) in [6.45, 7) is 5.80. The fourth-order valence-electron chi connectivity index (χ4n) is 2.50. The molecule has 154 valence electrons. The van der Waals surface area contributed by atoms with Crippen molar-refractivity contribution in [2.75, 3.05) is 13.6 Å². The fraction of sp³-hybridized carbons (Fsp3) is 0.706. The molecule has 0 heterocycles. The van der Waals surface area contributed by atoms with Gasteiger partial charge in [-0.05, 0) is 26.7 Å². The number of hydrogen-bond acceptors (Lipinski definition) is 5. The summed E-state index contributed by atoms with van der Waals surface area (Å²) in [6.07, 6.45) is -0.367. The molecule has 10 nitrogen and oxygen atoms in total. The quantitative estimate of drug-likeness (QED) is 0.326. The van der Waals surface area contributed by atoms with Crippen molar-refractivity contribution < 1.29 is 34.2 Å². The van der Waals surface area contributed by atoms with Crippen LogP contribution in [0.2, 0.25) is 0 Å². The van der Waals surface area contributed by atoms with Gasteiger partial charge in [0.25, 0.3) is 0 Å². The van der Waals surface area contributed by atoms with E-state index >= 15 is 0 Å². The fourth-order valence-corrected chi connectivity index (χ4v) is 2.50. The summed E-state index contributed by atoms with van der Waals surface area (Å²) >= 11 is 0. The van der Waals surface area contributed by atoms with Crippen LogP contribution in [-0.2, 0) is 24.0 Å². The first-order valence-corrected chi connectivity index (χ1v) is 8.47. The van der Waals surface area contributed by atoms with Gasteiger partial charge in [0.15, 0.2) is 0 Å². The van der Waals surface area contributed by atoms with Crippen LogP contribution in [0.15, 0.2) is 0 Å². The molecule has 0 aromatic rings. The molecular formula is C17H29N3O7. The number of amides is 3. The van der Waals surface area contributed by atoms with Crippen LogP contribution in [0.5, 0.6) is 0 Å². The number of hydrogen-bond donors (Lipinski definition) is 5. The molecule has 5 N–H and O–H groups in total. The Kier molecular flexibility index (Phi) is 8.92. The number of carboxylic acid groups (broad SMARTS) is 2. The first kappa shape index (κ1) is 24.4. The third kappa shape index (κ3) is 8.52. The molecule has 0 saturated carbocycles. The normalized spacial score (nSPS) is 12.6. The second-order valence-electron chi connectivity index (χ2n) is 7.60. The van der Waals surface area contributed by atoms with Crippen molar-refractivity contribution in [3.8, 4) is 0 Å². The van der Waals surface area contributed by atoms with Gasteiger partial charge in [0, 0.05) is 18.9 Å². The van der Waals surface area contributed by atoms with Crippen LogP contribution in [0.4, 0.5) is 0 Å². The van der Waals surface area contributed by atoms with Crippen LogP contribution in [0, 0.1) is 10.8 Å². The van der Waals surface area contributed by atoms with E-state index in [0.717, 1.165) is 0 Å². The van der Waals surface area contributed by atoms with E-state index in [9.17, 15) is 34.2 Å². The lowest BCUT2D eigenvalue weighted by atomic mass is 9.74. The predicted octanol–water partition coefficient (Wildman–Crippen LogP) is -0.275. The van der Waals surface area contributed by atoms with Gasteiger partial charge in [0.05, 0.1) is 12.0 Å². The van der Waals surface area contributed by atoms with Gasteiger partial charge < -0.3 is 26.2 Å². The van der Waals surface area contributed by atoms with Gasteiger partial charge >= 0.3 is 11.9 Å². The minimum Gasteiger partial charge on any atom is -0.481 e. The van der Waals surface area contributed by atoms with Gasteiger partial charge in [-0.15, -0.1) is 0 Å². The summed E-state index contributed by atoms with van der Waals surface area (Å²) in [5.74, 6) is -3.91. The maximum absolute atomic E-state index is 12.5. The molecule has 0 aliphatic carbocycles. The molecule has 0 radical (unpaired) electrons. The largest absolute Gasteiger partial charge is 0.481 e. The van der Waals surface area contributed by atoms with E-state index in [4.69, 9.17) is 0 Å². The van der Waals surface area contributed by atoms with Crippen molar-refractivity contribution in [2.24, 2.45) is 10.8 Å². The predicted molar refractivity (Wildman–Crippen MR) is 95.7 cm³/mol. The summed E-state index contributed by atoms with van der Waals surface area (Å²) in [6, 6.07) is -1.31. The molecule has 10 heteroatoms. The van der Waals surface area contributed by atoms with Gasteiger partial charge in [-0.2, -0.15) is 0 Å². The Morgan fingerprint density at radius 2 is 1.48 bits per heavy atom. The molecule has 0 spiro atoms. The third-order valence-electron chi connectivity index (χ3n) is 4.07. The SMILES string of the molecule is CNC(=O)CNC(=O)CCC(NC(=O)C(C)(C)CC(C)(C)C(=O)O)C(=O)O. The zero-order valence-electron chi connectivity index (χ0n) is 16.3. The summed E-state index contributed by atoms with van der Waals surface area (Å²) in [4.78, 5) is 57.8. The third-order valence-corrected chi connectivity index (χ3v) is 4.07. The number of nitrogens with one attached hydrogen (secondary N) is 3. The highest BCUT2D eigenvalue weighted by molar-refractivity contribution is 5.88. The van der Waals surface area contributed by atoms with E-state index in [1.54, 1.807) is 0 Å². The van der Waals surface area contributed by atoms with Gasteiger partial charge in [-0.3, -0.25) is 19.2 Å². The van der Waals surface area contributed by atoms with E-state index in [2.05, 4.69) is 16.0 Å². The number of likely N-dealkylation sites (N-methyl/N-ethyl adjacent to an activating group) is 1. The van der Waals surface area contributed by atoms with E-state index in [-0.39, 0.29) is 25.8 Å². The Labute approximate surface area is 158 Å². The molecule has 3 amide bonds. The van der Waals surface area contributed by atoms with Gasteiger partial charge in [0.1, 0.15) is 6.04 Å². The summed E-state index contributed by atoms with van der Waals surface area (Å²) < 4.78 is 0. The molecular weight excluding hydrogens is 358 g/mol. The van der Waals surface area contributed by atoms with Crippen LogP contribution in [0.1, 0.15) is 47.0 Å². The summed E-state index contributed by atoms with van der Waals surface area (Å²) in [7, 11) is 1.41. The number of rotatable bonds is 11. The Morgan fingerprint density at radius 1 is 0.926 bits per heavy atom. The Bertz CT molecular complexity index is 599. The first-order valence-electron chi connectivity index (χ1n) is 8.47.